The van der Waals surface area contributed by atoms with E-state index in [2.05, 4.69) is 0 Å². The van der Waals surface area contributed by atoms with E-state index in [0.717, 1.165) is 5.56 Å². The number of aliphatic hydroxyl groups is 1. The molecule has 126 valence electrons. The van der Waals surface area contributed by atoms with E-state index in [1.54, 1.807) is 24.3 Å². The fourth-order valence-corrected chi connectivity index (χ4v) is 3.22. The number of hydrogen-bond donors (Lipinski definition) is 1. The van der Waals surface area contributed by atoms with Crippen molar-refractivity contribution in [3.8, 4) is 5.75 Å². The molecule has 0 aromatic heterocycles. The number of halogens is 1. The van der Waals surface area contributed by atoms with E-state index in [4.69, 9.17) is 4.74 Å². The van der Waals surface area contributed by atoms with Crippen LogP contribution >= 0.6 is 0 Å². The molecule has 2 aromatic carbocycles. The molecule has 0 aliphatic carbocycles. The lowest BCUT2D eigenvalue weighted by Crippen LogP contribution is -2.37. The van der Waals surface area contributed by atoms with Gasteiger partial charge in [0.1, 0.15) is 5.75 Å². The van der Waals surface area contributed by atoms with Crippen molar-refractivity contribution in [2.24, 2.45) is 0 Å². The van der Waals surface area contributed by atoms with Gasteiger partial charge in [0.2, 0.25) is 0 Å². The molecule has 0 saturated carbocycles. The molecule has 2 aromatic rings. The van der Waals surface area contributed by atoms with E-state index in [-0.39, 0.29) is 19.0 Å². The normalized spacial score (nSPS) is 23.3. The minimum absolute atomic E-state index is 0.126. The van der Waals surface area contributed by atoms with E-state index < -0.39 is 18.2 Å². The smallest absolute Gasteiger partial charge is 0.254 e. The molecule has 3 rings (SSSR count). The molecule has 4 nitrogen and oxygen atoms in total. The Labute approximate surface area is 140 Å². The van der Waals surface area contributed by atoms with Crippen molar-refractivity contribution in [2.45, 2.75) is 11.6 Å². The summed E-state index contributed by atoms with van der Waals surface area (Å²) in [6.07, 6.45) is 0. The maximum absolute atomic E-state index is 15.2. The van der Waals surface area contributed by atoms with Crippen molar-refractivity contribution in [1.29, 1.82) is 0 Å². The first kappa shape index (κ1) is 16.5. The molecule has 0 spiro atoms. The van der Waals surface area contributed by atoms with Gasteiger partial charge in [-0.25, -0.2) is 4.39 Å². The molecule has 1 heterocycles. The quantitative estimate of drug-likeness (QED) is 0.938. The number of aliphatic hydroxyl groups excluding tert-OH is 1. The van der Waals surface area contributed by atoms with E-state index in [1.807, 2.05) is 30.3 Å². The zero-order valence-electron chi connectivity index (χ0n) is 13.5. The van der Waals surface area contributed by atoms with Gasteiger partial charge in [-0.2, -0.15) is 0 Å². The fraction of sp³-hybridized carbons (Fsp3) is 0.316. The molecule has 1 amide bonds. The van der Waals surface area contributed by atoms with Gasteiger partial charge in [-0.15, -0.1) is 0 Å². The number of methoxy groups -OCH3 is 1. The maximum Gasteiger partial charge on any atom is 0.254 e. The van der Waals surface area contributed by atoms with Gasteiger partial charge in [0.25, 0.3) is 5.91 Å². The second-order valence-electron chi connectivity index (χ2n) is 6.07. The van der Waals surface area contributed by atoms with Gasteiger partial charge in [-0.1, -0.05) is 36.4 Å². The Hall–Kier alpha value is -2.40. The topological polar surface area (TPSA) is 49.8 Å². The molecule has 0 radical (unpaired) electrons. The maximum atomic E-state index is 15.2. The molecule has 2 atom stereocenters. The van der Waals surface area contributed by atoms with E-state index in [0.29, 0.717) is 11.3 Å². The summed E-state index contributed by atoms with van der Waals surface area (Å²) in [5.74, 6) is -0.227. The number of nitrogens with zero attached hydrogens (tertiary/aromatic N) is 1. The minimum Gasteiger partial charge on any atom is -0.497 e. The summed E-state index contributed by atoms with van der Waals surface area (Å²) in [7, 11) is 1.53. The van der Waals surface area contributed by atoms with Crippen LogP contribution in [0.4, 0.5) is 4.39 Å². The molecular formula is C19H20FNO3. The highest BCUT2D eigenvalue weighted by Crippen LogP contribution is 2.39. The first-order valence-corrected chi connectivity index (χ1v) is 7.85. The lowest BCUT2D eigenvalue weighted by atomic mass is 9.87. The Morgan fingerprint density at radius 3 is 2.71 bits per heavy atom. The SMILES string of the molecule is COc1cccc(C(=O)N2C[C@H](c3ccccc3)[C@@](F)(CO)C2)c1. The number of ether oxygens (including phenoxy) is 1. The lowest BCUT2D eigenvalue weighted by molar-refractivity contribution is 0.0575. The number of likely N-dealkylation sites (tertiary alicyclic amines) is 1. The van der Waals surface area contributed by atoms with E-state index >= 15 is 4.39 Å². The standard InChI is InChI=1S/C19H20FNO3/c1-24-16-9-5-8-15(10-16)18(23)21-11-17(19(20,12-21)13-22)14-6-3-2-4-7-14/h2-10,17,22H,11-13H2,1H3/t17-,19+/m1/s1. The third-order valence-electron chi connectivity index (χ3n) is 4.55. The van der Waals surface area contributed by atoms with Crippen molar-refractivity contribution >= 4 is 5.91 Å². The Kier molecular flexibility index (Phi) is 4.53. The molecule has 1 fully saturated rings. The van der Waals surface area contributed by atoms with Crippen LogP contribution in [-0.2, 0) is 0 Å². The van der Waals surface area contributed by atoms with E-state index in [1.165, 1.54) is 12.0 Å². The van der Waals surface area contributed by atoms with Crippen molar-refractivity contribution < 1.29 is 19.0 Å². The highest BCUT2D eigenvalue weighted by atomic mass is 19.1. The first-order valence-electron chi connectivity index (χ1n) is 7.85. The molecular weight excluding hydrogens is 309 g/mol. The second-order valence-corrected chi connectivity index (χ2v) is 6.07. The number of benzene rings is 2. The lowest BCUT2D eigenvalue weighted by Gasteiger charge is -2.23. The van der Waals surface area contributed by atoms with Crippen LogP contribution in [-0.4, -0.2) is 48.4 Å². The van der Waals surface area contributed by atoms with Crippen molar-refractivity contribution in [2.75, 3.05) is 26.8 Å². The van der Waals surface area contributed by atoms with Crippen LogP contribution in [0.2, 0.25) is 0 Å². The van der Waals surface area contributed by atoms with Gasteiger partial charge in [0.05, 0.1) is 20.3 Å². The van der Waals surface area contributed by atoms with Crippen LogP contribution in [0.3, 0.4) is 0 Å². The zero-order chi connectivity index (χ0) is 17.2. The fourth-order valence-electron chi connectivity index (χ4n) is 3.22. The summed E-state index contributed by atoms with van der Waals surface area (Å²) in [6.45, 7) is -0.509. The van der Waals surface area contributed by atoms with Crippen LogP contribution in [0.1, 0.15) is 21.8 Å². The molecule has 1 aliphatic rings. The number of carbonyl (C=O) groups excluding carboxylic acids is 1. The number of carbonyl (C=O) groups is 1. The molecule has 24 heavy (non-hydrogen) atoms. The number of rotatable bonds is 4. The predicted molar refractivity (Wildman–Crippen MR) is 89.0 cm³/mol. The molecule has 0 bridgehead atoms. The summed E-state index contributed by atoms with van der Waals surface area (Å²) in [5.41, 5.74) is -0.603. The highest BCUT2D eigenvalue weighted by molar-refractivity contribution is 5.95. The summed E-state index contributed by atoms with van der Waals surface area (Å²) in [5, 5.41) is 9.58. The average molecular weight is 329 g/mol. The van der Waals surface area contributed by atoms with Crippen LogP contribution in [0.15, 0.2) is 54.6 Å². The van der Waals surface area contributed by atoms with Crippen molar-refractivity contribution in [3.63, 3.8) is 0 Å². The predicted octanol–water partition coefficient (Wildman–Crippen LogP) is 2.64. The van der Waals surface area contributed by atoms with Gasteiger partial charge in [0, 0.05) is 18.0 Å². The van der Waals surface area contributed by atoms with E-state index in [9.17, 15) is 9.90 Å². The molecule has 1 saturated heterocycles. The molecule has 0 unspecified atom stereocenters. The summed E-state index contributed by atoms with van der Waals surface area (Å²) >= 11 is 0. The summed E-state index contributed by atoms with van der Waals surface area (Å²) in [4.78, 5) is 14.2. The minimum atomic E-state index is -1.84. The third kappa shape index (κ3) is 2.99. The van der Waals surface area contributed by atoms with Gasteiger partial charge >= 0.3 is 0 Å². The van der Waals surface area contributed by atoms with Crippen LogP contribution in [0.5, 0.6) is 5.75 Å². The third-order valence-corrected chi connectivity index (χ3v) is 4.55. The summed E-state index contributed by atoms with van der Waals surface area (Å²) < 4.78 is 20.3. The Morgan fingerprint density at radius 2 is 2.04 bits per heavy atom. The van der Waals surface area contributed by atoms with Crippen molar-refractivity contribution in [3.05, 3.63) is 65.7 Å². The first-order chi connectivity index (χ1) is 11.6. The highest BCUT2D eigenvalue weighted by Gasteiger charge is 2.49. The Bertz CT molecular complexity index is 722. The van der Waals surface area contributed by atoms with Crippen molar-refractivity contribution in [1.82, 2.24) is 4.90 Å². The average Bonchev–Trinajstić information content (AvgIpc) is 3.00. The summed E-state index contributed by atoms with van der Waals surface area (Å²) in [6, 6.07) is 16.0. The van der Waals surface area contributed by atoms with Gasteiger partial charge in [-0.3, -0.25) is 4.79 Å². The second kappa shape index (κ2) is 6.61. The van der Waals surface area contributed by atoms with Crippen LogP contribution in [0, 0.1) is 0 Å². The molecule has 1 N–H and O–H groups in total. The van der Waals surface area contributed by atoms with Crippen LogP contribution in [0.25, 0.3) is 0 Å². The number of hydrogen-bond acceptors (Lipinski definition) is 3. The zero-order valence-corrected chi connectivity index (χ0v) is 13.5. The molecule has 1 aliphatic heterocycles. The Morgan fingerprint density at radius 1 is 1.29 bits per heavy atom. The van der Waals surface area contributed by atoms with Crippen LogP contribution < -0.4 is 4.74 Å². The Balaban J connectivity index is 1.86. The largest absolute Gasteiger partial charge is 0.497 e. The van der Waals surface area contributed by atoms with Gasteiger partial charge < -0.3 is 14.7 Å². The van der Waals surface area contributed by atoms with Gasteiger partial charge in [-0.05, 0) is 23.8 Å². The number of alkyl halides is 1. The number of amides is 1. The molecule has 5 heteroatoms. The van der Waals surface area contributed by atoms with Gasteiger partial charge in [0.15, 0.2) is 5.67 Å². The monoisotopic (exact) mass is 329 g/mol.